The zero-order chi connectivity index (χ0) is 7.45. The van der Waals surface area contributed by atoms with Crippen molar-refractivity contribution in [2.45, 2.75) is 10.5 Å². The third-order valence-corrected chi connectivity index (χ3v) is 4.83. The lowest BCUT2D eigenvalue weighted by atomic mass is 10.4. The lowest BCUT2D eigenvalue weighted by Crippen LogP contribution is -2.36. The van der Waals surface area contributed by atoms with E-state index in [1.54, 1.807) is 23.5 Å². The molecule has 60 valence electrons. The van der Waals surface area contributed by atoms with Crippen molar-refractivity contribution in [3.8, 4) is 0 Å². The molecule has 0 atom stereocenters. The quantitative estimate of drug-likeness (QED) is 0.699. The van der Waals surface area contributed by atoms with Crippen LogP contribution in [0.3, 0.4) is 0 Å². The van der Waals surface area contributed by atoms with Crippen molar-refractivity contribution in [3.05, 3.63) is 0 Å². The van der Waals surface area contributed by atoms with Crippen LogP contribution in [-0.2, 0) is 0 Å². The van der Waals surface area contributed by atoms with Gasteiger partial charge in [-0.1, -0.05) is 0 Å². The summed E-state index contributed by atoms with van der Waals surface area (Å²) < 4.78 is 12.1. The van der Waals surface area contributed by atoms with Gasteiger partial charge in [0.05, 0.1) is 0 Å². The van der Waals surface area contributed by atoms with E-state index >= 15 is 0 Å². The summed E-state index contributed by atoms with van der Waals surface area (Å²) >= 11 is 3.35. The Morgan fingerprint density at radius 2 is 2.00 bits per heavy atom. The summed E-state index contributed by atoms with van der Waals surface area (Å²) in [5, 5.41) is 0. The molecule has 4 heteroatoms. The van der Waals surface area contributed by atoms with E-state index in [0.29, 0.717) is 6.54 Å². The predicted octanol–water partition coefficient (Wildman–Crippen LogP) is 1.48. The smallest absolute Gasteiger partial charge is 0.114 e. The molecule has 10 heavy (non-hydrogen) atoms. The first-order chi connectivity index (χ1) is 4.83. The van der Waals surface area contributed by atoms with Gasteiger partial charge in [-0.2, -0.15) is 0 Å². The zero-order valence-electron chi connectivity index (χ0n) is 5.81. The molecular weight excluding hydrogens is 169 g/mol. The summed E-state index contributed by atoms with van der Waals surface area (Å²) in [6, 6.07) is 0. The van der Waals surface area contributed by atoms with Crippen molar-refractivity contribution in [1.82, 2.24) is 0 Å². The van der Waals surface area contributed by atoms with Gasteiger partial charge in [0.1, 0.15) is 10.8 Å². The summed E-state index contributed by atoms with van der Waals surface area (Å²) in [5.41, 5.74) is 5.47. The molecule has 1 rings (SSSR count). The van der Waals surface area contributed by atoms with Crippen LogP contribution < -0.4 is 5.73 Å². The van der Waals surface area contributed by atoms with E-state index < -0.39 is 0 Å². The normalized spacial score (nSPS) is 24.6. The maximum Gasteiger partial charge on any atom is 0.114 e. The predicted molar refractivity (Wildman–Crippen MR) is 47.3 cm³/mol. The van der Waals surface area contributed by atoms with Gasteiger partial charge in [0, 0.05) is 6.54 Å². The maximum absolute atomic E-state index is 12.4. The molecule has 0 aromatic rings. The topological polar surface area (TPSA) is 26.0 Å². The molecule has 1 fully saturated rings. The van der Waals surface area contributed by atoms with Gasteiger partial charge in [0.25, 0.3) is 0 Å². The van der Waals surface area contributed by atoms with Crippen LogP contribution in [0, 0.1) is 0 Å². The van der Waals surface area contributed by atoms with Crippen molar-refractivity contribution < 1.29 is 4.39 Å². The van der Waals surface area contributed by atoms with Crippen LogP contribution in [0.15, 0.2) is 0 Å². The number of hydrogen-bond acceptors (Lipinski definition) is 3. The largest absolute Gasteiger partial charge is 0.328 e. The average molecular weight is 181 g/mol. The van der Waals surface area contributed by atoms with Gasteiger partial charge in [-0.15, -0.1) is 23.5 Å². The molecular formula is C6H12FNS2. The van der Waals surface area contributed by atoms with Crippen molar-refractivity contribution in [2.75, 3.05) is 24.7 Å². The number of hydrogen-bond donors (Lipinski definition) is 1. The highest BCUT2D eigenvalue weighted by Gasteiger charge is 2.32. The minimum absolute atomic E-state index is 0.293. The molecule has 1 saturated heterocycles. The second-order valence-corrected chi connectivity index (χ2v) is 5.51. The first kappa shape index (κ1) is 8.68. The Balaban J connectivity index is 2.44. The van der Waals surface area contributed by atoms with E-state index in [2.05, 4.69) is 0 Å². The van der Waals surface area contributed by atoms with E-state index in [0.717, 1.165) is 11.5 Å². The van der Waals surface area contributed by atoms with E-state index in [4.69, 9.17) is 5.73 Å². The maximum atomic E-state index is 12.4. The number of rotatable bonds is 2. The number of thioether (sulfide) groups is 2. The third-order valence-electron chi connectivity index (χ3n) is 1.53. The highest BCUT2D eigenvalue weighted by Crippen LogP contribution is 2.41. The second-order valence-electron chi connectivity index (χ2n) is 2.30. The van der Waals surface area contributed by atoms with Crippen LogP contribution in [0.4, 0.5) is 4.39 Å². The Labute approximate surface area is 69.3 Å². The van der Waals surface area contributed by atoms with Gasteiger partial charge < -0.3 is 5.73 Å². The fraction of sp³-hybridized carbons (Fsp3) is 1.00. The second kappa shape index (κ2) is 3.83. The molecule has 0 radical (unpaired) electrons. The fourth-order valence-corrected chi connectivity index (χ4v) is 3.59. The fourth-order valence-electron chi connectivity index (χ4n) is 0.866. The Hall–Kier alpha value is 0.590. The summed E-state index contributed by atoms with van der Waals surface area (Å²) in [7, 11) is 0. The molecule has 0 unspecified atom stereocenters. The monoisotopic (exact) mass is 181 g/mol. The van der Waals surface area contributed by atoms with E-state index in [-0.39, 0.29) is 10.8 Å². The molecule has 1 nitrogen and oxygen atoms in total. The number of halogens is 1. The average Bonchev–Trinajstić information content (AvgIpc) is 2.06. The van der Waals surface area contributed by atoms with Crippen LogP contribution in [0.1, 0.15) is 6.42 Å². The number of nitrogens with two attached hydrogens (primary N) is 1. The summed E-state index contributed by atoms with van der Waals surface area (Å²) in [4.78, 5) is 0. The molecule has 0 bridgehead atoms. The third kappa shape index (κ3) is 1.80. The van der Waals surface area contributed by atoms with Crippen LogP contribution in [0.2, 0.25) is 0 Å². The van der Waals surface area contributed by atoms with Gasteiger partial charge >= 0.3 is 0 Å². The molecule has 0 saturated carbocycles. The van der Waals surface area contributed by atoms with Gasteiger partial charge in [-0.25, -0.2) is 4.39 Å². The molecule has 0 aromatic heterocycles. The highest BCUT2D eigenvalue weighted by molar-refractivity contribution is 8.18. The number of alkyl halides is 1. The van der Waals surface area contributed by atoms with Gasteiger partial charge in [-0.3, -0.25) is 0 Å². The summed E-state index contributed by atoms with van der Waals surface area (Å²) in [6.45, 7) is 0.164. The van der Waals surface area contributed by atoms with Crippen molar-refractivity contribution in [3.63, 3.8) is 0 Å². The Bertz CT molecular complexity index is 97.9. The van der Waals surface area contributed by atoms with Crippen LogP contribution in [-0.4, -0.2) is 28.8 Å². The van der Waals surface area contributed by atoms with Gasteiger partial charge in [0.15, 0.2) is 0 Å². The van der Waals surface area contributed by atoms with Gasteiger partial charge in [-0.05, 0) is 17.9 Å². The minimum Gasteiger partial charge on any atom is -0.328 e. The van der Waals surface area contributed by atoms with E-state index in [9.17, 15) is 4.39 Å². The van der Waals surface area contributed by atoms with Crippen LogP contribution >= 0.6 is 23.5 Å². The Kier molecular flexibility index (Phi) is 3.33. The Morgan fingerprint density at radius 1 is 1.40 bits per heavy atom. The first-order valence-electron chi connectivity index (χ1n) is 3.37. The minimum atomic E-state index is -0.293. The van der Waals surface area contributed by atoms with Crippen LogP contribution in [0.25, 0.3) is 0 Å². The molecule has 0 aromatic carbocycles. The van der Waals surface area contributed by atoms with Gasteiger partial charge in [0.2, 0.25) is 0 Å². The van der Waals surface area contributed by atoms with E-state index in [1.807, 2.05) is 0 Å². The SMILES string of the molecule is NCC1(CF)SCCCS1. The summed E-state index contributed by atoms with van der Waals surface area (Å²) in [6.07, 6.45) is 1.19. The molecule has 0 aliphatic carbocycles. The molecule has 1 heterocycles. The van der Waals surface area contributed by atoms with Crippen molar-refractivity contribution in [1.29, 1.82) is 0 Å². The van der Waals surface area contributed by atoms with Crippen molar-refractivity contribution >= 4 is 23.5 Å². The van der Waals surface area contributed by atoms with Crippen molar-refractivity contribution in [2.24, 2.45) is 5.73 Å². The standard InChI is InChI=1S/C6H12FNS2/c7-4-6(5-8)9-2-1-3-10-6/h1-5,8H2. The molecule has 1 aliphatic rings. The van der Waals surface area contributed by atoms with E-state index in [1.165, 1.54) is 6.42 Å². The summed E-state index contributed by atoms with van der Waals surface area (Å²) in [5.74, 6) is 2.13. The highest BCUT2D eigenvalue weighted by atomic mass is 32.2. The van der Waals surface area contributed by atoms with Crippen LogP contribution in [0.5, 0.6) is 0 Å². The lowest BCUT2D eigenvalue weighted by Gasteiger charge is -2.31. The Morgan fingerprint density at radius 3 is 2.30 bits per heavy atom. The zero-order valence-corrected chi connectivity index (χ0v) is 7.44. The molecule has 1 aliphatic heterocycles. The molecule has 2 N–H and O–H groups in total. The first-order valence-corrected chi connectivity index (χ1v) is 5.34. The molecule has 0 amide bonds. The lowest BCUT2D eigenvalue weighted by molar-refractivity contribution is 0.467. The molecule has 0 spiro atoms.